The summed E-state index contributed by atoms with van der Waals surface area (Å²) in [7, 11) is 0. The van der Waals surface area contributed by atoms with Crippen LogP contribution in [0.25, 0.3) is 17.5 Å². The molecular weight excluding hydrogens is 384 g/mol. The van der Waals surface area contributed by atoms with E-state index < -0.39 is 12.0 Å². The van der Waals surface area contributed by atoms with Gasteiger partial charge in [0.2, 0.25) is 5.89 Å². The van der Waals surface area contributed by atoms with Crippen LogP contribution in [0.2, 0.25) is 0 Å². The molecule has 0 radical (unpaired) electrons. The molecule has 7 nitrogen and oxygen atoms in total. The number of nitrogens with one attached hydrogen (secondary N) is 1. The number of allylic oxidation sites excluding steroid dienone is 2. The normalized spacial score (nSPS) is 14.9. The molecule has 0 saturated carbocycles. The largest absolute Gasteiger partial charge is 0.487 e. The predicted molar refractivity (Wildman–Crippen MR) is 109 cm³/mol. The lowest BCUT2D eigenvalue weighted by Gasteiger charge is -2.04. The molecule has 1 aromatic heterocycles. The number of aryl methyl sites for hydroxylation is 1. The molecule has 1 saturated heterocycles. The van der Waals surface area contributed by atoms with Crippen LogP contribution in [-0.2, 0) is 16.1 Å². The summed E-state index contributed by atoms with van der Waals surface area (Å²) >= 11 is 0. The van der Waals surface area contributed by atoms with Crippen LogP contribution >= 0.6 is 0 Å². The Morgan fingerprint density at radius 1 is 1.07 bits per heavy atom. The molecule has 2 amide bonds. The van der Waals surface area contributed by atoms with Crippen LogP contribution < -0.4 is 10.1 Å². The molecule has 1 fully saturated rings. The number of carbonyl (C=O) groups is 2. The van der Waals surface area contributed by atoms with Crippen molar-refractivity contribution in [2.45, 2.75) is 13.5 Å². The third-order valence-corrected chi connectivity index (χ3v) is 4.35. The molecule has 30 heavy (non-hydrogen) atoms. The van der Waals surface area contributed by atoms with Crippen LogP contribution in [0.4, 0.5) is 4.79 Å². The van der Waals surface area contributed by atoms with Crippen LogP contribution in [-0.4, -0.2) is 17.0 Å². The van der Waals surface area contributed by atoms with Gasteiger partial charge >= 0.3 is 6.09 Å². The number of amides is 2. The van der Waals surface area contributed by atoms with Crippen molar-refractivity contribution in [3.63, 3.8) is 0 Å². The molecule has 3 aromatic rings. The quantitative estimate of drug-likeness (QED) is 0.615. The summed E-state index contributed by atoms with van der Waals surface area (Å²) in [5, 5.41) is 2.03. The Morgan fingerprint density at radius 2 is 1.83 bits per heavy atom. The van der Waals surface area contributed by atoms with Gasteiger partial charge in [0.15, 0.2) is 5.76 Å². The van der Waals surface area contributed by atoms with Gasteiger partial charge in [-0.2, -0.15) is 0 Å². The Labute approximate surface area is 172 Å². The molecule has 1 aliphatic rings. The van der Waals surface area contributed by atoms with Gasteiger partial charge in [0.05, 0.1) is 0 Å². The van der Waals surface area contributed by atoms with Crippen molar-refractivity contribution in [3.8, 4) is 17.2 Å². The van der Waals surface area contributed by atoms with Crippen LogP contribution in [0.1, 0.15) is 17.0 Å². The SMILES string of the molecule is Cc1oc(-c2ccccc2)nc1COc1ccc(/C=C/C=C2/OC(=O)NC2=O)cc1. The van der Waals surface area contributed by atoms with Gasteiger partial charge < -0.3 is 13.9 Å². The molecule has 0 unspecified atom stereocenters. The number of imide groups is 1. The molecular formula is C23H18N2O5. The molecule has 1 N–H and O–H groups in total. The average Bonchev–Trinajstić information content (AvgIpc) is 3.29. The minimum Gasteiger partial charge on any atom is -0.487 e. The highest BCUT2D eigenvalue weighted by Gasteiger charge is 2.25. The van der Waals surface area contributed by atoms with Crippen LogP contribution in [0, 0.1) is 6.92 Å². The number of alkyl carbamates (subject to hydrolysis) is 1. The molecule has 150 valence electrons. The van der Waals surface area contributed by atoms with Crippen molar-refractivity contribution in [1.82, 2.24) is 10.3 Å². The number of ether oxygens (including phenoxy) is 2. The van der Waals surface area contributed by atoms with Crippen LogP contribution in [0.3, 0.4) is 0 Å². The van der Waals surface area contributed by atoms with E-state index >= 15 is 0 Å². The lowest BCUT2D eigenvalue weighted by atomic mass is 10.2. The zero-order valence-electron chi connectivity index (χ0n) is 16.1. The van der Waals surface area contributed by atoms with E-state index in [1.807, 2.05) is 66.8 Å². The highest BCUT2D eigenvalue weighted by molar-refractivity contribution is 6.07. The van der Waals surface area contributed by atoms with Gasteiger partial charge in [-0.3, -0.25) is 10.1 Å². The van der Waals surface area contributed by atoms with Crippen molar-refractivity contribution >= 4 is 18.1 Å². The third kappa shape index (κ3) is 4.47. The number of nitrogens with zero attached hydrogens (tertiary/aromatic N) is 1. The number of hydrogen-bond acceptors (Lipinski definition) is 6. The summed E-state index contributed by atoms with van der Waals surface area (Å²) in [5.41, 5.74) is 2.56. The summed E-state index contributed by atoms with van der Waals surface area (Å²) < 4.78 is 16.3. The van der Waals surface area contributed by atoms with Gasteiger partial charge in [0.25, 0.3) is 5.91 Å². The minimum atomic E-state index is -0.764. The van der Waals surface area contributed by atoms with Gasteiger partial charge in [-0.25, -0.2) is 9.78 Å². The number of benzene rings is 2. The van der Waals surface area contributed by atoms with E-state index in [1.165, 1.54) is 6.08 Å². The van der Waals surface area contributed by atoms with Crippen molar-refractivity contribution < 1.29 is 23.5 Å². The monoisotopic (exact) mass is 402 g/mol. The van der Waals surface area contributed by atoms with E-state index in [4.69, 9.17) is 13.9 Å². The Bertz CT molecular complexity index is 1130. The van der Waals surface area contributed by atoms with Gasteiger partial charge in [0.1, 0.15) is 23.8 Å². The Hall–Kier alpha value is -4.13. The van der Waals surface area contributed by atoms with Crippen LogP contribution in [0.15, 0.2) is 76.9 Å². The number of carbonyl (C=O) groups excluding carboxylic acids is 2. The number of oxazole rings is 1. The highest BCUT2D eigenvalue weighted by atomic mass is 16.6. The molecule has 0 aliphatic carbocycles. The zero-order chi connectivity index (χ0) is 20.9. The smallest absolute Gasteiger partial charge is 0.419 e. The van der Waals surface area contributed by atoms with Crippen molar-refractivity contribution in [2.75, 3.05) is 0 Å². The van der Waals surface area contributed by atoms with Gasteiger partial charge in [-0.15, -0.1) is 0 Å². The lowest BCUT2D eigenvalue weighted by molar-refractivity contribution is -0.116. The molecule has 4 rings (SSSR count). The third-order valence-electron chi connectivity index (χ3n) is 4.35. The van der Waals surface area contributed by atoms with Gasteiger partial charge in [-0.05, 0) is 42.8 Å². The van der Waals surface area contributed by atoms with Gasteiger partial charge in [-0.1, -0.05) is 42.5 Å². The fraction of sp³-hybridized carbons (Fsp3) is 0.0870. The first kappa shape index (κ1) is 19.2. The molecule has 2 aromatic carbocycles. The second-order valence-corrected chi connectivity index (χ2v) is 6.48. The maximum absolute atomic E-state index is 11.4. The standard InChI is InChI=1S/C23H18N2O5/c1-15-19(24-22(29-15)17-7-3-2-4-8-17)14-28-18-12-10-16(11-13-18)6-5-9-20-21(26)25-23(27)30-20/h2-13H,14H2,1H3,(H,25,26,27)/b6-5+,20-9+. The molecule has 1 aliphatic heterocycles. The maximum Gasteiger partial charge on any atom is 0.419 e. The summed E-state index contributed by atoms with van der Waals surface area (Å²) in [6, 6.07) is 17.1. The molecule has 0 atom stereocenters. The predicted octanol–water partition coefficient (Wildman–Crippen LogP) is 4.39. The first-order chi connectivity index (χ1) is 14.6. The number of aromatic nitrogens is 1. The van der Waals surface area contributed by atoms with E-state index in [0.29, 0.717) is 18.2 Å². The number of cyclic esters (lactones) is 1. The second kappa shape index (κ2) is 8.48. The van der Waals surface area contributed by atoms with Crippen molar-refractivity contribution in [2.24, 2.45) is 0 Å². The fourth-order valence-corrected chi connectivity index (χ4v) is 2.78. The van der Waals surface area contributed by atoms with Crippen molar-refractivity contribution in [3.05, 3.63) is 89.5 Å². The average molecular weight is 402 g/mol. The summed E-state index contributed by atoms with van der Waals surface area (Å²) in [6.45, 7) is 2.16. The molecule has 2 heterocycles. The van der Waals surface area contributed by atoms with Gasteiger partial charge in [0, 0.05) is 5.56 Å². The van der Waals surface area contributed by atoms with E-state index in [2.05, 4.69) is 4.98 Å². The number of hydrogen-bond donors (Lipinski definition) is 1. The Morgan fingerprint density at radius 3 is 2.53 bits per heavy atom. The Balaban J connectivity index is 1.36. The summed E-state index contributed by atoms with van der Waals surface area (Å²) in [6.07, 6.45) is 4.08. The highest BCUT2D eigenvalue weighted by Crippen LogP contribution is 2.23. The second-order valence-electron chi connectivity index (χ2n) is 6.48. The molecule has 7 heteroatoms. The van der Waals surface area contributed by atoms with Crippen molar-refractivity contribution in [1.29, 1.82) is 0 Å². The number of rotatable bonds is 6. The van der Waals surface area contributed by atoms with E-state index in [-0.39, 0.29) is 5.76 Å². The fourth-order valence-electron chi connectivity index (χ4n) is 2.78. The minimum absolute atomic E-state index is 0.0333. The Kier molecular flexibility index (Phi) is 5.43. The molecule has 0 spiro atoms. The lowest BCUT2D eigenvalue weighted by Crippen LogP contribution is -2.18. The van der Waals surface area contributed by atoms with Crippen LogP contribution in [0.5, 0.6) is 5.75 Å². The first-order valence-electron chi connectivity index (χ1n) is 9.24. The maximum atomic E-state index is 11.4. The van der Waals surface area contributed by atoms with E-state index in [0.717, 1.165) is 22.6 Å². The summed E-state index contributed by atoms with van der Waals surface area (Å²) in [5.74, 6) is 1.40. The first-order valence-corrected chi connectivity index (χ1v) is 9.24. The zero-order valence-corrected chi connectivity index (χ0v) is 16.1. The topological polar surface area (TPSA) is 90.7 Å². The van der Waals surface area contributed by atoms with E-state index in [1.54, 1.807) is 12.2 Å². The van der Waals surface area contributed by atoms with E-state index in [9.17, 15) is 9.59 Å². The molecule has 0 bridgehead atoms. The summed E-state index contributed by atoms with van der Waals surface area (Å²) in [4.78, 5) is 26.9.